The molecule has 0 saturated carbocycles. The number of rotatable bonds is 7. The van der Waals surface area contributed by atoms with Gasteiger partial charge in [0.25, 0.3) is 0 Å². The largest absolute Gasteiger partial charge is 0.356 e. The third-order valence-corrected chi connectivity index (χ3v) is 2.65. The van der Waals surface area contributed by atoms with Crippen molar-refractivity contribution < 1.29 is 9.59 Å². The topological polar surface area (TPSA) is 84.2 Å². The Morgan fingerprint density at radius 2 is 1.75 bits per heavy atom. The van der Waals surface area contributed by atoms with Crippen molar-refractivity contribution >= 4 is 41.5 Å². The zero-order valence-corrected chi connectivity index (χ0v) is 12.6. The van der Waals surface area contributed by atoms with Gasteiger partial charge < -0.3 is 16.4 Å². The molecule has 0 fully saturated rings. The zero-order valence-electron chi connectivity index (χ0n) is 11.0. The standard InChI is InChI=1S/C13H18ClN3O2.ClH/c14-10-3-5-11(6-4-10)17-13(19)2-1-9-16-12(18)7-8-15;/h3-6H,1-2,7-9,15H2,(H,16,18)(H,17,19);1H. The van der Waals surface area contributed by atoms with Crippen molar-refractivity contribution in [3.63, 3.8) is 0 Å². The average Bonchev–Trinajstić information content (AvgIpc) is 2.38. The number of nitrogens with one attached hydrogen (secondary N) is 2. The van der Waals surface area contributed by atoms with Gasteiger partial charge in [-0.3, -0.25) is 9.59 Å². The first-order chi connectivity index (χ1) is 9.11. The van der Waals surface area contributed by atoms with E-state index in [1.165, 1.54) is 0 Å². The van der Waals surface area contributed by atoms with Gasteiger partial charge in [-0.05, 0) is 30.7 Å². The summed E-state index contributed by atoms with van der Waals surface area (Å²) in [5.41, 5.74) is 5.95. The molecule has 0 heterocycles. The fraction of sp³-hybridized carbons (Fsp3) is 0.385. The molecule has 1 rings (SSSR count). The van der Waals surface area contributed by atoms with E-state index in [-0.39, 0.29) is 24.2 Å². The Morgan fingerprint density at radius 1 is 1.10 bits per heavy atom. The molecule has 0 aromatic heterocycles. The molecule has 112 valence electrons. The Labute approximate surface area is 129 Å². The van der Waals surface area contributed by atoms with E-state index in [2.05, 4.69) is 10.6 Å². The molecular weight excluding hydrogens is 301 g/mol. The highest BCUT2D eigenvalue weighted by atomic mass is 35.5. The van der Waals surface area contributed by atoms with Crippen LogP contribution in [0, 0.1) is 0 Å². The molecule has 0 aliphatic rings. The van der Waals surface area contributed by atoms with Gasteiger partial charge in [0.05, 0.1) is 0 Å². The molecule has 0 aliphatic heterocycles. The second kappa shape index (κ2) is 10.5. The Bertz CT molecular complexity index is 424. The van der Waals surface area contributed by atoms with Crippen molar-refractivity contribution in [1.29, 1.82) is 0 Å². The lowest BCUT2D eigenvalue weighted by atomic mass is 10.2. The smallest absolute Gasteiger partial charge is 0.224 e. The molecule has 0 spiro atoms. The van der Waals surface area contributed by atoms with Crippen LogP contribution >= 0.6 is 24.0 Å². The van der Waals surface area contributed by atoms with Crippen molar-refractivity contribution in [3.05, 3.63) is 29.3 Å². The average molecular weight is 320 g/mol. The predicted octanol–water partition coefficient (Wildman–Crippen LogP) is 1.95. The molecule has 0 aliphatic carbocycles. The predicted molar refractivity (Wildman–Crippen MR) is 83.2 cm³/mol. The summed E-state index contributed by atoms with van der Waals surface area (Å²) in [5, 5.41) is 6.07. The molecule has 5 nitrogen and oxygen atoms in total. The highest BCUT2D eigenvalue weighted by molar-refractivity contribution is 6.30. The number of carbonyl (C=O) groups is 2. The fourth-order valence-corrected chi connectivity index (χ4v) is 1.58. The molecule has 4 N–H and O–H groups in total. The van der Waals surface area contributed by atoms with E-state index in [4.69, 9.17) is 17.3 Å². The minimum atomic E-state index is -0.0876. The van der Waals surface area contributed by atoms with Crippen LogP contribution in [0.5, 0.6) is 0 Å². The summed E-state index contributed by atoms with van der Waals surface area (Å²) in [4.78, 5) is 22.7. The van der Waals surface area contributed by atoms with Gasteiger partial charge >= 0.3 is 0 Å². The van der Waals surface area contributed by atoms with Crippen LogP contribution in [0.1, 0.15) is 19.3 Å². The van der Waals surface area contributed by atoms with Crippen molar-refractivity contribution in [1.82, 2.24) is 5.32 Å². The number of amides is 2. The van der Waals surface area contributed by atoms with Gasteiger partial charge in [0.1, 0.15) is 0 Å². The Morgan fingerprint density at radius 3 is 2.35 bits per heavy atom. The number of hydrogen-bond acceptors (Lipinski definition) is 3. The maximum Gasteiger partial charge on any atom is 0.224 e. The van der Waals surface area contributed by atoms with Crippen molar-refractivity contribution in [2.75, 3.05) is 18.4 Å². The number of benzene rings is 1. The minimum absolute atomic E-state index is 0. The van der Waals surface area contributed by atoms with Crippen LogP contribution in [-0.2, 0) is 9.59 Å². The normalized spacial score (nSPS) is 9.50. The van der Waals surface area contributed by atoms with E-state index < -0.39 is 0 Å². The maximum absolute atomic E-state index is 11.6. The molecule has 7 heteroatoms. The van der Waals surface area contributed by atoms with Gasteiger partial charge in [-0.25, -0.2) is 0 Å². The summed E-state index contributed by atoms with van der Waals surface area (Å²) >= 11 is 5.74. The van der Waals surface area contributed by atoms with Crippen LogP contribution in [0.25, 0.3) is 0 Å². The maximum atomic E-state index is 11.6. The van der Waals surface area contributed by atoms with E-state index in [9.17, 15) is 9.59 Å². The second-order valence-electron chi connectivity index (χ2n) is 4.05. The molecule has 0 bridgehead atoms. The van der Waals surface area contributed by atoms with Crippen LogP contribution < -0.4 is 16.4 Å². The van der Waals surface area contributed by atoms with Gasteiger partial charge in [-0.2, -0.15) is 0 Å². The van der Waals surface area contributed by atoms with Crippen molar-refractivity contribution in [3.8, 4) is 0 Å². The van der Waals surface area contributed by atoms with E-state index in [1.54, 1.807) is 24.3 Å². The van der Waals surface area contributed by atoms with Crippen LogP contribution in [-0.4, -0.2) is 24.9 Å². The third-order valence-electron chi connectivity index (χ3n) is 2.40. The lowest BCUT2D eigenvalue weighted by Crippen LogP contribution is -2.27. The SMILES string of the molecule is Cl.NCCC(=O)NCCCC(=O)Nc1ccc(Cl)cc1. The molecule has 0 unspecified atom stereocenters. The number of nitrogens with two attached hydrogens (primary N) is 1. The summed E-state index contributed by atoms with van der Waals surface area (Å²) in [6, 6.07) is 6.90. The summed E-state index contributed by atoms with van der Waals surface area (Å²) in [5.74, 6) is -0.170. The first-order valence-corrected chi connectivity index (χ1v) is 6.52. The molecule has 20 heavy (non-hydrogen) atoms. The Hall–Kier alpha value is -1.30. The molecule has 0 saturated heterocycles. The van der Waals surface area contributed by atoms with E-state index in [1.807, 2.05) is 0 Å². The lowest BCUT2D eigenvalue weighted by molar-refractivity contribution is -0.121. The highest BCUT2D eigenvalue weighted by Gasteiger charge is 2.03. The third kappa shape index (κ3) is 7.99. The molecular formula is C13H19Cl2N3O2. The number of hydrogen-bond donors (Lipinski definition) is 3. The number of carbonyl (C=O) groups excluding carboxylic acids is 2. The Kier molecular flexibility index (Phi) is 9.80. The first-order valence-electron chi connectivity index (χ1n) is 6.14. The van der Waals surface area contributed by atoms with Crippen molar-refractivity contribution in [2.45, 2.75) is 19.3 Å². The highest BCUT2D eigenvalue weighted by Crippen LogP contribution is 2.13. The first kappa shape index (κ1) is 18.7. The summed E-state index contributed by atoms with van der Waals surface area (Å²) < 4.78 is 0. The van der Waals surface area contributed by atoms with E-state index in [0.717, 1.165) is 0 Å². The molecule has 2 amide bonds. The Balaban J connectivity index is 0.00000361. The van der Waals surface area contributed by atoms with E-state index >= 15 is 0 Å². The fourth-order valence-electron chi connectivity index (χ4n) is 1.45. The number of halogens is 2. The van der Waals surface area contributed by atoms with Gasteiger partial charge in [0.2, 0.25) is 11.8 Å². The summed E-state index contributed by atoms with van der Waals surface area (Å²) in [6.45, 7) is 0.815. The molecule has 0 atom stereocenters. The van der Waals surface area contributed by atoms with E-state index in [0.29, 0.717) is 43.1 Å². The van der Waals surface area contributed by atoms with Gasteiger partial charge in [-0.1, -0.05) is 11.6 Å². The zero-order chi connectivity index (χ0) is 14.1. The molecule has 1 aromatic rings. The van der Waals surface area contributed by atoms with Crippen LogP contribution in [0.15, 0.2) is 24.3 Å². The monoisotopic (exact) mass is 319 g/mol. The van der Waals surface area contributed by atoms with Gasteiger partial charge in [0.15, 0.2) is 0 Å². The quantitative estimate of drug-likeness (QED) is 0.671. The summed E-state index contributed by atoms with van der Waals surface area (Å²) in [6.07, 6.45) is 1.26. The van der Waals surface area contributed by atoms with Crippen LogP contribution in [0.2, 0.25) is 5.02 Å². The van der Waals surface area contributed by atoms with Gasteiger partial charge in [0, 0.05) is 36.6 Å². The molecule has 0 radical (unpaired) electrons. The molecule has 1 aromatic carbocycles. The van der Waals surface area contributed by atoms with Crippen molar-refractivity contribution in [2.24, 2.45) is 5.73 Å². The van der Waals surface area contributed by atoms with Crippen LogP contribution in [0.3, 0.4) is 0 Å². The van der Waals surface area contributed by atoms with Gasteiger partial charge in [-0.15, -0.1) is 12.4 Å². The second-order valence-corrected chi connectivity index (χ2v) is 4.48. The minimum Gasteiger partial charge on any atom is -0.356 e. The lowest BCUT2D eigenvalue weighted by Gasteiger charge is -2.06. The number of anilines is 1. The van der Waals surface area contributed by atoms with Crippen LogP contribution in [0.4, 0.5) is 5.69 Å². The summed E-state index contributed by atoms with van der Waals surface area (Å²) in [7, 11) is 0.